The third-order valence-corrected chi connectivity index (χ3v) is 2.04. The molecule has 0 aliphatic carbocycles. The van der Waals surface area contributed by atoms with Gasteiger partial charge in [-0.2, -0.15) is 13.2 Å². The fourth-order valence-electron chi connectivity index (χ4n) is 0.917. The Balaban J connectivity index is 3.64. The number of nitrogens with zero attached hydrogens (tertiary/aromatic N) is 2. The summed E-state index contributed by atoms with van der Waals surface area (Å²) in [6, 6.07) is 0. The number of piperazine rings is 1. The van der Waals surface area contributed by atoms with E-state index in [0.29, 0.717) is 0 Å². The summed E-state index contributed by atoms with van der Waals surface area (Å²) in [4.78, 5) is 11.8. The van der Waals surface area contributed by atoms with Gasteiger partial charge in [0.2, 0.25) is 0 Å². The van der Waals surface area contributed by atoms with Crippen molar-refractivity contribution in [3.63, 3.8) is 0 Å². The summed E-state index contributed by atoms with van der Waals surface area (Å²) < 4.78 is 113. The molecule has 1 heterocycles. The summed E-state index contributed by atoms with van der Waals surface area (Å²) in [6.45, 7) is -10.2. The van der Waals surface area contributed by atoms with Crippen molar-refractivity contribution in [2.24, 2.45) is 0 Å². The normalized spacial score (nSPS) is 39.5. The fraction of sp³-hybridized carbons (Fsp3) is 0.917. The van der Waals surface area contributed by atoms with Crippen molar-refractivity contribution in [1.29, 1.82) is 0 Å². The molecule has 0 bridgehead atoms. The van der Waals surface area contributed by atoms with Crippen molar-refractivity contribution < 1.29 is 35.0 Å². The minimum absolute atomic E-state index is 0.116. The molecule has 4 nitrogen and oxygen atoms in total. The monoisotopic (exact) mass is 291 g/mol. The molecular weight excluding hydrogens is 261 g/mol. The molecule has 1 amide bonds. The average molecular weight is 291 g/mol. The van der Waals surface area contributed by atoms with E-state index in [-0.39, 0.29) is 11.8 Å². The first-order valence-corrected chi connectivity index (χ1v) is 5.27. The standard InChI is InChI=1S/C12H21F3N2O2/c1-9(12(13,14)15)19-10(18)16-5-7-17(8-6-16)11(2,3)4/h9H,5-8H2,1-4H3/i5D2,6D2,7D2,8D2,9D. The molecule has 1 aliphatic heterocycles. The molecule has 1 aliphatic rings. The highest BCUT2D eigenvalue weighted by Gasteiger charge is 2.40. The lowest BCUT2D eigenvalue weighted by molar-refractivity contribution is -0.200. The van der Waals surface area contributed by atoms with Crippen LogP contribution in [0.4, 0.5) is 18.0 Å². The van der Waals surface area contributed by atoms with Gasteiger partial charge in [-0.15, -0.1) is 0 Å². The van der Waals surface area contributed by atoms with Crippen LogP contribution in [0.1, 0.15) is 40.0 Å². The molecule has 19 heavy (non-hydrogen) atoms. The summed E-state index contributed by atoms with van der Waals surface area (Å²) in [6.07, 6.45) is -11.7. The SMILES string of the molecule is [2H]C(C)(OC(=O)N1C([2H])([2H])C([2H])([2H])N(C(C)(C)C)C([2H])([2H])C1([2H])[2H])C(F)(F)F. The van der Waals surface area contributed by atoms with E-state index in [4.69, 9.17) is 12.3 Å². The molecule has 1 unspecified atom stereocenters. The maximum atomic E-state index is 12.8. The van der Waals surface area contributed by atoms with Crippen molar-refractivity contribution >= 4 is 6.09 Å². The number of hydrogen-bond acceptors (Lipinski definition) is 3. The minimum atomic E-state index is -5.42. The van der Waals surface area contributed by atoms with Gasteiger partial charge in [-0.25, -0.2) is 4.79 Å². The van der Waals surface area contributed by atoms with E-state index in [1.807, 2.05) is 0 Å². The van der Waals surface area contributed by atoms with Crippen molar-refractivity contribution in [2.75, 3.05) is 26.0 Å². The summed E-state index contributed by atoms with van der Waals surface area (Å²) in [5.41, 5.74) is -1.50. The Labute approximate surface area is 124 Å². The lowest BCUT2D eigenvalue weighted by Crippen LogP contribution is -2.55. The number of alkyl halides is 3. The van der Waals surface area contributed by atoms with E-state index in [1.54, 1.807) is 0 Å². The summed E-state index contributed by atoms with van der Waals surface area (Å²) in [5.74, 6) is 0. The Morgan fingerprint density at radius 2 is 1.74 bits per heavy atom. The van der Waals surface area contributed by atoms with Crippen LogP contribution in [0.5, 0.6) is 0 Å². The van der Waals surface area contributed by atoms with Gasteiger partial charge >= 0.3 is 12.3 Å². The van der Waals surface area contributed by atoms with E-state index in [9.17, 15) is 18.0 Å². The van der Waals surface area contributed by atoms with E-state index < -0.39 is 54.8 Å². The quantitative estimate of drug-likeness (QED) is 0.744. The molecule has 0 spiro atoms. The highest BCUT2D eigenvalue weighted by Crippen LogP contribution is 2.23. The van der Waals surface area contributed by atoms with E-state index >= 15 is 0 Å². The Kier molecular flexibility index (Phi) is 2.09. The number of ether oxygens (including phenoxy) is 1. The first-order valence-electron chi connectivity index (χ1n) is 9.77. The maximum absolute atomic E-state index is 12.8. The molecule has 0 aromatic rings. The fourth-order valence-corrected chi connectivity index (χ4v) is 0.917. The Hall–Kier alpha value is -0.980. The molecule has 0 saturated carbocycles. The topological polar surface area (TPSA) is 32.8 Å². The van der Waals surface area contributed by atoms with E-state index in [1.165, 1.54) is 20.8 Å². The van der Waals surface area contributed by atoms with Gasteiger partial charge in [-0.1, -0.05) is 0 Å². The third kappa shape index (κ3) is 4.56. The van der Waals surface area contributed by atoms with Crippen LogP contribution < -0.4 is 0 Å². The van der Waals surface area contributed by atoms with Gasteiger partial charge in [0.15, 0.2) is 6.08 Å². The molecule has 0 aromatic carbocycles. The van der Waals surface area contributed by atoms with Gasteiger partial charge in [0.1, 0.15) is 0 Å². The lowest BCUT2D eigenvalue weighted by atomic mass is 10.1. The molecular formula is C12H21F3N2O2. The van der Waals surface area contributed by atoms with Crippen molar-refractivity contribution in [3.8, 4) is 0 Å². The van der Waals surface area contributed by atoms with Gasteiger partial charge in [-0.3, -0.25) is 4.90 Å². The van der Waals surface area contributed by atoms with Crippen LogP contribution in [0.3, 0.4) is 0 Å². The minimum Gasteiger partial charge on any atom is -0.437 e. The highest BCUT2D eigenvalue weighted by atomic mass is 19.4. The molecule has 1 fully saturated rings. The second-order valence-electron chi connectivity index (χ2n) is 4.71. The number of hydrogen-bond donors (Lipinski definition) is 0. The average Bonchev–Trinajstić information content (AvgIpc) is 2.30. The maximum Gasteiger partial charge on any atom is 0.425 e. The highest BCUT2D eigenvalue weighted by molar-refractivity contribution is 5.68. The molecule has 1 saturated heterocycles. The van der Waals surface area contributed by atoms with Gasteiger partial charge in [-0.05, 0) is 27.7 Å². The van der Waals surface area contributed by atoms with Crippen LogP contribution in [0.2, 0.25) is 0 Å². The zero-order chi connectivity index (χ0) is 22.9. The Morgan fingerprint density at radius 3 is 2.11 bits per heavy atom. The Bertz CT molecular complexity index is 619. The smallest absolute Gasteiger partial charge is 0.425 e. The number of halogens is 3. The Morgan fingerprint density at radius 1 is 1.26 bits per heavy atom. The van der Waals surface area contributed by atoms with Gasteiger partial charge in [0, 0.05) is 37.0 Å². The zero-order valence-corrected chi connectivity index (χ0v) is 10.8. The van der Waals surface area contributed by atoms with Crippen LogP contribution in [0, 0.1) is 0 Å². The lowest BCUT2D eigenvalue weighted by Gasteiger charge is -2.42. The summed E-state index contributed by atoms with van der Waals surface area (Å²) in [5, 5.41) is 0. The van der Waals surface area contributed by atoms with Crippen molar-refractivity contribution in [3.05, 3.63) is 0 Å². The number of amides is 1. The first-order chi connectivity index (χ1) is 11.9. The second-order valence-corrected chi connectivity index (χ2v) is 4.71. The van der Waals surface area contributed by atoms with Crippen molar-refractivity contribution in [1.82, 2.24) is 9.80 Å². The van der Waals surface area contributed by atoms with Crippen LogP contribution in [0.25, 0.3) is 0 Å². The summed E-state index contributed by atoms with van der Waals surface area (Å²) >= 11 is 0. The second kappa shape index (κ2) is 5.56. The molecule has 7 heteroatoms. The number of carbonyl (C=O) groups is 1. The number of rotatable bonds is 1. The van der Waals surface area contributed by atoms with Crippen LogP contribution >= 0.6 is 0 Å². The van der Waals surface area contributed by atoms with Crippen LogP contribution in [-0.4, -0.2) is 59.7 Å². The van der Waals surface area contributed by atoms with Gasteiger partial charge < -0.3 is 9.64 Å². The molecule has 1 atom stereocenters. The molecule has 0 N–H and O–H groups in total. The van der Waals surface area contributed by atoms with E-state index in [0.717, 1.165) is 0 Å². The molecule has 0 radical (unpaired) electrons. The predicted octanol–water partition coefficient (Wildman–Crippen LogP) is 2.49. The van der Waals surface area contributed by atoms with Gasteiger partial charge in [0.25, 0.3) is 0 Å². The molecule has 1 rings (SSSR count). The predicted molar refractivity (Wildman–Crippen MR) is 64.9 cm³/mol. The largest absolute Gasteiger partial charge is 0.437 e. The van der Waals surface area contributed by atoms with Crippen LogP contribution in [-0.2, 0) is 4.74 Å². The summed E-state index contributed by atoms with van der Waals surface area (Å²) in [7, 11) is 0. The molecule has 112 valence electrons. The van der Waals surface area contributed by atoms with Crippen LogP contribution in [0.15, 0.2) is 0 Å². The first kappa shape index (κ1) is 7.15. The van der Waals surface area contributed by atoms with Crippen molar-refractivity contribution in [2.45, 2.75) is 45.5 Å². The van der Waals surface area contributed by atoms with E-state index in [2.05, 4.69) is 4.74 Å². The molecule has 0 aromatic heterocycles. The van der Waals surface area contributed by atoms with Gasteiger partial charge in [0.05, 0.1) is 6.85 Å². The third-order valence-electron chi connectivity index (χ3n) is 2.04. The number of carbonyl (C=O) groups excluding carboxylic acids is 1. The zero-order valence-electron chi connectivity index (χ0n) is 19.8.